The number of carbonyl (C=O) groups excluding carboxylic acids is 1. The highest BCUT2D eigenvalue weighted by atomic mass is 16.5. The molecule has 0 aliphatic carbocycles. The number of hydrogen-bond donors (Lipinski definition) is 1. The van der Waals surface area contributed by atoms with Gasteiger partial charge in [0.1, 0.15) is 11.4 Å². The van der Waals surface area contributed by atoms with Gasteiger partial charge in [0.2, 0.25) is 0 Å². The van der Waals surface area contributed by atoms with Gasteiger partial charge >= 0.3 is 0 Å². The van der Waals surface area contributed by atoms with Crippen LogP contribution in [0.1, 0.15) is 16.2 Å². The molecule has 0 unspecified atom stereocenters. The second-order valence-corrected chi connectivity index (χ2v) is 3.73. The van der Waals surface area contributed by atoms with Crippen LogP contribution in [0, 0.1) is 6.92 Å². The summed E-state index contributed by atoms with van der Waals surface area (Å²) < 4.78 is 5.08. The Balaban J connectivity index is 2.13. The smallest absolute Gasteiger partial charge is 0.275 e. The topological polar surface area (TPSA) is 64.1 Å². The summed E-state index contributed by atoms with van der Waals surface area (Å²) in [6, 6.07) is 7.12. The first-order valence-electron chi connectivity index (χ1n) is 5.43. The van der Waals surface area contributed by atoms with E-state index in [1.54, 1.807) is 37.6 Å². The third-order valence-corrected chi connectivity index (χ3v) is 2.34. The number of anilines is 1. The minimum atomic E-state index is -0.296. The van der Waals surface area contributed by atoms with Crippen LogP contribution in [0.2, 0.25) is 0 Å². The molecule has 1 amide bonds. The zero-order valence-corrected chi connectivity index (χ0v) is 10.2. The number of amides is 1. The van der Waals surface area contributed by atoms with Crippen molar-refractivity contribution in [2.24, 2.45) is 0 Å². The van der Waals surface area contributed by atoms with Crippen LogP contribution in [0.4, 0.5) is 5.69 Å². The summed E-state index contributed by atoms with van der Waals surface area (Å²) in [4.78, 5) is 19.9. The molecule has 0 aliphatic heterocycles. The van der Waals surface area contributed by atoms with Crippen molar-refractivity contribution in [2.45, 2.75) is 6.92 Å². The van der Waals surface area contributed by atoms with Crippen molar-refractivity contribution in [3.63, 3.8) is 0 Å². The molecule has 0 radical (unpaired) electrons. The van der Waals surface area contributed by atoms with Crippen molar-refractivity contribution in [3.8, 4) is 5.75 Å². The lowest BCUT2D eigenvalue weighted by Crippen LogP contribution is -2.14. The molecule has 1 aromatic carbocycles. The Morgan fingerprint density at radius 2 is 2.11 bits per heavy atom. The van der Waals surface area contributed by atoms with E-state index in [0.717, 1.165) is 5.69 Å². The van der Waals surface area contributed by atoms with Crippen molar-refractivity contribution in [1.82, 2.24) is 9.97 Å². The molecule has 0 saturated carbocycles. The van der Waals surface area contributed by atoms with Gasteiger partial charge in [-0.2, -0.15) is 0 Å². The first-order valence-corrected chi connectivity index (χ1v) is 5.43. The van der Waals surface area contributed by atoms with Gasteiger partial charge in [-0.1, -0.05) is 6.07 Å². The first-order chi connectivity index (χ1) is 8.69. The summed E-state index contributed by atoms with van der Waals surface area (Å²) in [5.41, 5.74) is 1.71. The fourth-order valence-electron chi connectivity index (χ4n) is 1.41. The molecule has 1 aromatic heterocycles. The number of nitrogens with one attached hydrogen (secondary N) is 1. The van der Waals surface area contributed by atoms with E-state index in [1.165, 1.54) is 6.20 Å². The van der Waals surface area contributed by atoms with E-state index >= 15 is 0 Å². The molecule has 1 N–H and O–H groups in total. The Kier molecular flexibility index (Phi) is 3.52. The van der Waals surface area contributed by atoms with Gasteiger partial charge in [0.05, 0.1) is 19.0 Å². The summed E-state index contributed by atoms with van der Waals surface area (Å²) in [5, 5.41) is 2.73. The first kappa shape index (κ1) is 12.0. The molecule has 0 spiro atoms. The zero-order chi connectivity index (χ0) is 13.0. The number of nitrogens with zero attached hydrogens (tertiary/aromatic N) is 2. The summed E-state index contributed by atoms with van der Waals surface area (Å²) in [7, 11) is 1.58. The molecule has 18 heavy (non-hydrogen) atoms. The monoisotopic (exact) mass is 243 g/mol. The lowest BCUT2D eigenvalue weighted by atomic mass is 10.3. The van der Waals surface area contributed by atoms with Gasteiger partial charge in [-0.05, 0) is 19.1 Å². The number of hydrogen-bond acceptors (Lipinski definition) is 4. The maximum Gasteiger partial charge on any atom is 0.275 e. The fraction of sp³-hybridized carbons (Fsp3) is 0.154. The highest BCUT2D eigenvalue weighted by Gasteiger charge is 2.08. The Bertz CT molecular complexity index is 552. The van der Waals surface area contributed by atoms with Gasteiger partial charge in [-0.3, -0.25) is 9.78 Å². The predicted molar refractivity (Wildman–Crippen MR) is 67.7 cm³/mol. The number of ether oxygens (including phenoxy) is 1. The van der Waals surface area contributed by atoms with Gasteiger partial charge in [0.15, 0.2) is 0 Å². The number of carbonyl (C=O) groups is 1. The SMILES string of the molecule is COc1cccc(NC(=O)c2cnc(C)cn2)c1. The molecule has 2 aromatic rings. The highest BCUT2D eigenvalue weighted by Crippen LogP contribution is 2.17. The molecule has 0 bridgehead atoms. The van der Waals surface area contributed by atoms with Crippen LogP contribution >= 0.6 is 0 Å². The largest absolute Gasteiger partial charge is 0.497 e. The molecule has 1 heterocycles. The molecular weight excluding hydrogens is 230 g/mol. The molecule has 92 valence electrons. The fourth-order valence-corrected chi connectivity index (χ4v) is 1.41. The standard InChI is InChI=1S/C13H13N3O2/c1-9-7-15-12(8-14-9)13(17)16-10-4-3-5-11(6-10)18-2/h3-8H,1-2H3,(H,16,17). The lowest BCUT2D eigenvalue weighted by molar-refractivity contribution is 0.102. The number of methoxy groups -OCH3 is 1. The minimum Gasteiger partial charge on any atom is -0.497 e. The van der Waals surface area contributed by atoms with Crippen LogP contribution in [0.15, 0.2) is 36.7 Å². The summed E-state index contributed by atoms with van der Waals surface area (Å²) in [5.74, 6) is 0.388. The van der Waals surface area contributed by atoms with Gasteiger partial charge in [0.25, 0.3) is 5.91 Å². The Morgan fingerprint density at radius 3 is 2.78 bits per heavy atom. The van der Waals surface area contributed by atoms with Crippen LogP contribution in [0.25, 0.3) is 0 Å². The maximum absolute atomic E-state index is 11.9. The van der Waals surface area contributed by atoms with Gasteiger partial charge in [0, 0.05) is 18.0 Å². The van der Waals surface area contributed by atoms with Crippen LogP contribution in [0.5, 0.6) is 5.75 Å². The lowest BCUT2D eigenvalue weighted by Gasteiger charge is -2.06. The predicted octanol–water partition coefficient (Wildman–Crippen LogP) is 2.05. The maximum atomic E-state index is 11.9. The van der Waals surface area contributed by atoms with E-state index in [4.69, 9.17) is 4.74 Å². The van der Waals surface area contributed by atoms with Crippen molar-refractivity contribution in [3.05, 3.63) is 48.0 Å². The van der Waals surface area contributed by atoms with Gasteiger partial charge in [-0.25, -0.2) is 4.98 Å². The third kappa shape index (κ3) is 2.82. The van der Waals surface area contributed by atoms with Crippen LogP contribution in [0.3, 0.4) is 0 Å². The molecule has 2 rings (SSSR count). The second kappa shape index (κ2) is 5.27. The van der Waals surface area contributed by atoms with Crippen molar-refractivity contribution < 1.29 is 9.53 Å². The quantitative estimate of drug-likeness (QED) is 0.896. The Morgan fingerprint density at radius 1 is 1.28 bits per heavy atom. The second-order valence-electron chi connectivity index (χ2n) is 3.73. The van der Waals surface area contributed by atoms with Crippen molar-refractivity contribution in [1.29, 1.82) is 0 Å². The van der Waals surface area contributed by atoms with E-state index in [1.807, 2.05) is 6.92 Å². The average molecular weight is 243 g/mol. The van der Waals surface area contributed by atoms with E-state index < -0.39 is 0 Å². The number of rotatable bonds is 3. The van der Waals surface area contributed by atoms with E-state index in [9.17, 15) is 4.79 Å². The van der Waals surface area contributed by atoms with Crippen molar-refractivity contribution in [2.75, 3.05) is 12.4 Å². The number of benzene rings is 1. The highest BCUT2D eigenvalue weighted by molar-refractivity contribution is 6.02. The molecule has 0 atom stereocenters. The van der Waals surface area contributed by atoms with Crippen LogP contribution < -0.4 is 10.1 Å². The number of aryl methyl sites for hydroxylation is 1. The van der Waals surface area contributed by atoms with E-state index in [2.05, 4.69) is 15.3 Å². The minimum absolute atomic E-state index is 0.281. The zero-order valence-electron chi connectivity index (χ0n) is 10.2. The summed E-state index contributed by atoms with van der Waals surface area (Å²) in [6.07, 6.45) is 3.01. The van der Waals surface area contributed by atoms with Crippen LogP contribution in [-0.4, -0.2) is 23.0 Å². The molecule has 5 nitrogen and oxygen atoms in total. The Hall–Kier alpha value is -2.43. The summed E-state index contributed by atoms with van der Waals surface area (Å²) in [6.45, 7) is 1.82. The van der Waals surface area contributed by atoms with E-state index in [-0.39, 0.29) is 11.6 Å². The normalized spacial score (nSPS) is 9.89. The average Bonchev–Trinajstić information content (AvgIpc) is 2.39. The van der Waals surface area contributed by atoms with Crippen LogP contribution in [-0.2, 0) is 0 Å². The van der Waals surface area contributed by atoms with Crippen molar-refractivity contribution >= 4 is 11.6 Å². The molecular formula is C13H13N3O2. The van der Waals surface area contributed by atoms with Gasteiger partial charge < -0.3 is 10.1 Å². The molecule has 0 saturated heterocycles. The van der Waals surface area contributed by atoms with Gasteiger partial charge in [-0.15, -0.1) is 0 Å². The summed E-state index contributed by atoms with van der Waals surface area (Å²) >= 11 is 0. The molecule has 0 fully saturated rings. The third-order valence-electron chi connectivity index (χ3n) is 2.34. The molecule has 0 aliphatic rings. The number of aromatic nitrogens is 2. The molecule has 5 heteroatoms. The Labute approximate surface area is 105 Å². The van der Waals surface area contributed by atoms with E-state index in [0.29, 0.717) is 11.4 Å².